The van der Waals surface area contributed by atoms with Crippen LogP contribution in [0.25, 0.3) is 0 Å². The fourth-order valence-corrected chi connectivity index (χ4v) is 2.09. The van der Waals surface area contributed by atoms with Crippen LogP contribution in [0.2, 0.25) is 0 Å². The summed E-state index contributed by atoms with van der Waals surface area (Å²) < 4.78 is 16.4. The Labute approximate surface area is 93.2 Å². The number of benzene rings is 1. The number of fused-ring (bicyclic) bond motifs is 2. The van der Waals surface area contributed by atoms with E-state index in [9.17, 15) is 0 Å². The van der Waals surface area contributed by atoms with E-state index in [1.54, 1.807) is 7.11 Å². The van der Waals surface area contributed by atoms with E-state index in [-0.39, 0.29) is 18.9 Å². The van der Waals surface area contributed by atoms with Crippen molar-refractivity contribution >= 4 is 0 Å². The van der Waals surface area contributed by atoms with Crippen molar-refractivity contribution in [2.45, 2.75) is 19.1 Å². The second kappa shape index (κ2) is 3.54. The molecule has 2 aliphatic heterocycles. The van der Waals surface area contributed by atoms with Gasteiger partial charge in [-0.15, -0.1) is 0 Å². The molecule has 3 rings (SSSR count). The Hall–Kier alpha value is -1.46. The van der Waals surface area contributed by atoms with E-state index < -0.39 is 0 Å². The highest BCUT2D eigenvalue weighted by Gasteiger charge is 2.33. The van der Waals surface area contributed by atoms with Crippen molar-refractivity contribution in [3.05, 3.63) is 17.7 Å². The van der Waals surface area contributed by atoms with Crippen LogP contribution < -0.4 is 19.7 Å². The molecule has 0 spiro atoms. The molecule has 2 unspecified atom stereocenters. The van der Waals surface area contributed by atoms with Gasteiger partial charge in [-0.05, 0) is 13.0 Å². The molecule has 86 valence electrons. The molecule has 5 heteroatoms. The molecule has 0 aliphatic carbocycles. The Morgan fingerprint density at radius 1 is 1.25 bits per heavy atom. The molecular weight excluding hydrogens is 210 g/mol. The summed E-state index contributed by atoms with van der Waals surface area (Å²) in [5.41, 5.74) is 3.96. The fraction of sp³-hybridized carbons (Fsp3) is 0.455. The molecule has 0 aromatic heterocycles. The Balaban J connectivity index is 2.01. The van der Waals surface area contributed by atoms with Crippen LogP contribution in [-0.2, 0) is 4.84 Å². The lowest BCUT2D eigenvalue weighted by molar-refractivity contribution is 0.0338. The van der Waals surface area contributed by atoms with E-state index in [0.717, 1.165) is 22.8 Å². The van der Waals surface area contributed by atoms with Gasteiger partial charge in [-0.3, -0.25) is 0 Å². The second-order valence-electron chi connectivity index (χ2n) is 3.87. The lowest BCUT2D eigenvalue weighted by Gasteiger charge is -2.14. The number of hydrogen-bond acceptors (Lipinski definition) is 5. The van der Waals surface area contributed by atoms with Crippen molar-refractivity contribution in [1.29, 1.82) is 0 Å². The molecule has 2 atom stereocenters. The summed E-state index contributed by atoms with van der Waals surface area (Å²) in [6.45, 7) is 2.26. The normalized spacial score (nSPS) is 25.4. The summed E-state index contributed by atoms with van der Waals surface area (Å²) in [5.74, 6) is 2.33. The molecule has 0 bridgehead atoms. The smallest absolute Gasteiger partial charge is 0.231 e. The zero-order valence-corrected chi connectivity index (χ0v) is 9.15. The van der Waals surface area contributed by atoms with Gasteiger partial charge in [0.25, 0.3) is 0 Å². The molecule has 0 radical (unpaired) electrons. The molecule has 2 heterocycles. The number of ether oxygens (including phenoxy) is 3. The summed E-state index contributed by atoms with van der Waals surface area (Å²) in [6, 6.07) is 3.83. The number of rotatable bonds is 2. The van der Waals surface area contributed by atoms with E-state index in [1.807, 2.05) is 19.1 Å². The lowest BCUT2D eigenvalue weighted by Crippen LogP contribution is -2.27. The van der Waals surface area contributed by atoms with Crippen LogP contribution in [0.15, 0.2) is 12.1 Å². The van der Waals surface area contributed by atoms with E-state index in [1.165, 1.54) is 0 Å². The number of hydroxylamine groups is 1. The molecule has 1 aromatic rings. The highest BCUT2D eigenvalue weighted by molar-refractivity contribution is 5.54. The maximum Gasteiger partial charge on any atom is 0.231 e. The molecule has 1 N–H and O–H groups in total. The Morgan fingerprint density at radius 2 is 2.00 bits per heavy atom. The zero-order valence-electron chi connectivity index (χ0n) is 9.15. The minimum Gasteiger partial charge on any atom is -0.488 e. The van der Waals surface area contributed by atoms with Crippen LogP contribution in [0, 0.1) is 0 Å². The maximum absolute atomic E-state index is 5.72. The summed E-state index contributed by atoms with van der Waals surface area (Å²) in [5, 5.41) is 0. The maximum atomic E-state index is 5.72. The van der Waals surface area contributed by atoms with Crippen LogP contribution in [0.4, 0.5) is 0 Å². The average Bonchev–Trinajstić information content (AvgIpc) is 2.81. The molecule has 0 amide bonds. The highest BCUT2D eigenvalue weighted by Crippen LogP contribution is 2.45. The molecule has 0 fully saturated rings. The predicted molar refractivity (Wildman–Crippen MR) is 55.5 cm³/mol. The van der Waals surface area contributed by atoms with E-state index in [0.29, 0.717) is 0 Å². The first-order valence-electron chi connectivity index (χ1n) is 5.18. The second-order valence-corrected chi connectivity index (χ2v) is 3.87. The zero-order chi connectivity index (χ0) is 11.1. The Morgan fingerprint density at radius 3 is 2.75 bits per heavy atom. The van der Waals surface area contributed by atoms with Gasteiger partial charge >= 0.3 is 0 Å². The first-order valence-corrected chi connectivity index (χ1v) is 5.18. The van der Waals surface area contributed by atoms with Crippen molar-refractivity contribution in [2.24, 2.45) is 0 Å². The highest BCUT2D eigenvalue weighted by atomic mass is 16.7. The summed E-state index contributed by atoms with van der Waals surface area (Å²) >= 11 is 0. The van der Waals surface area contributed by atoms with Gasteiger partial charge in [0.2, 0.25) is 6.79 Å². The van der Waals surface area contributed by atoms with E-state index in [2.05, 4.69) is 5.48 Å². The monoisotopic (exact) mass is 223 g/mol. The molecular formula is C11H13NO4. The van der Waals surface area contributed by atoms with Gasteiger partial charge in [0.05, 0.1) is 13.2 Å². The predicted octanol–water partition coefficient (Wildman–Crippen LogP) is 1.39. The third kappa shape index (κ3) is 1.32. The third-order valence-corrected chi connectivity index (χ3v) is 2.87. The molecule has 16 heavy (non-hydrogen) atoms. The molecule has 2 aliphatic rings. The topological polar surface area (TPSA) is 49.0 Å². The van der Waals surface area contributed by atoms with E-state index >= 15 is 0 Å². The minimum absolute atomic E-state index is 0.0227. The molecule has 0 saturated carbocycles. The first-order chi connectivity index (χ1) is 7.79. The summed E-state index contributed by atoms with van der Waals surface area (Å²) in [7, 11) is 1.59. The van der Waals surface area contributed by atoms with Crippen LogP contribution in [0.1, 0.15) is 18.5 Å². The van der Waals surface area contributed by atoms with Gasteiger partial charge in [-0.1, -0.05) is 0 Å². The SMILES string of the molecule is CONC1c2cc3c(cc2OC1C)OCO3. The van der Waals surface area contributed by atoms with Crippen LogP contribution >= 0.6 is 0 Å². The lowest BCUT2D eigenvalue weighted by atomic mass is 10.0. The van der Waals surface area contributed by atoms with Gasteiger partial charge in [0, 0.05) is 11.6 Å². The Kier molecular flexibility index (Phi) is 2.15. The van der Waals surface area contributed by atoms with Crippen molar-refractivity contribution in [2.75, 3.05) is 13.9 Å². The molecule has 0 saturated heterocycles. The van der Waals surface area contributed by atoms with Crippen molar-refractivity contribution < 1.29 is 19.0 Å². The van der Waals surface area contributed by atoms with Gasteiger partial charge in [0.15, 0.2) is 11.5 Å². The number of hydrogen-bond donors (Lipinski definition) is 1. The number of nitrogens with one attached hydrogen (secondary N) is 1. The quantitative estimate of drug-likeness (QED) is 0.768. The largest absolute Gasteiger partial charge is 0.488 e. The first kappa shape index (κ1) is 9.74. The van der Waals surface area contributed by atoms with Crippen LogP contribution in [0.5, 0.6) is 17.2 Å². The molecule has 1 aromatic carbocycles. The van der Waals surface area contributed by atoms with Crippen LogP contribution in [0.3, 0.4) is 0 Å². The fourth-order valence-electron chi connectivity index (χ4n) is 2.09. The average molecular weight is 223 g/mol. The third-order valence-electron chi connectivity index (χ3n) is 2.87. The standard InChI is InChI=1S/C11H13NO4/c1-6-11(12-13-2)7-3-9-10(15-5-14-9)4-8(7)16-6/h3-4,6,11-12H,5H2,1-2H3. The Bertz CT molecular complexity index is 421. The minimum atomic E-state index is 0.0227. The van der Waals surface area contributed by atoms with Gasteiger partial charge in [-0.2, -0.15) is 5.48 Å². The summed E-state index contributed by atoms with van der Waals surface area (Å²) in [4.78, 5) is 4.97. The van der Waals surface area contributed by atoms with Crippen molar-refractivity contribution in [3.8, 4) is 17.2 Å². The van der Waals surface area contributed by atoms with E-state index in [4.69, 9.17) is 19.0 Å². The van der Waals surface area contributed by atoms with Crippen molar-refractivity contribution in [1.82, 2.24) is 5.48 Å². The van der Waals surface area contributed by atoms with Crippen molar-refractivity contribution in [3.63, 3.8) is 0 Å². The van der Waals surface area contributed by atoms with Gasteiger partial charge < -0.3 is 19.0 Å². The van der Waals surface area contributed by atoms with Gasteiger partial charge in [-0.25, -0.2) is 0 Å². The summed E-state index contributed by atoms with van der Waals surface area (Å²) in [6.07, 6.45) is 0.0254. The van der Waals surface area contributed by atoms with Gasteiger partial charge in [0.1, 0.15) is 11.9 Å². The molecule has 5 nitrogen and oxygen atoms in total. The van der Waals surface area contributed by atoms with Crippen LogP contribution in [-0.4, -0.2) is 20.0 Å².